The lowest BCUT2D eigenvalue weighted by Gasteiger charge is -2.36. The Kier molecular flexibility index (Phi) is 4.27. The summed E-state index contributed by atoms with van der Waals surface area (Å²) in [5.74, 6) is 1.92. The molecule has 1 fully saturated rings. The summed E-state index contributed by atoms with van der Waals surface area (Å²) in [5.41, 5.74) is 1.56. The van der Waals surface area contributed by atoms with Crippen molar-refractivity contribution in [3.05, 3.63) is 11.9 Å². The molecule has 1 saturated carbocycles. The average molecular weight is 262 g/mol. The topological polar surface area (TPSA) is 49.8 Å². The van der Waals surface area contributed by atoms with Crippen LogP contribution in [0.1, 0.15) is 52.0 Å². The zero-order chi connectivity index (χ0) is 13.9. The Labute approximate surface area is 116 Å². The Bertz CT molecular complexity index is 428. The van der Waals surface area contributed by atoms with E-state index in [1.54, 1.807) is 6.33 Å². The minimum atomic E-state index is 0.446. The van der Waals surface area contributed by atoms with Crippen molar-refractivity contribution in [3.8, 4) is 0 Å². The van der Waals surface area contributed by atoms with Crippen LogP contribution in [0.15, 0.2) is 6.33 Å². The second-order valence-electron chi connectivity index (χ2n) is 6.33. The zero-order valence-electron chi connectivity index (χ0n) is 12.6. The molecule has 106 valence electrons. The van der Waals surface area contributed by atoms with Crippen LogP contribution in [0.5, 0.6) is 0 Å². The highest BCUT2D eigenvalue weighted by Gasteiger charge is 2.28. The maximum atomic E-state index is 4.40. The molecule has 1 aromatic rings. The van der Waals surface area contributed by atoms with Crippen LogP contribution in [-0.2, 0) is 0 Å². The number of aromatic nitrogens is 2. The molecule has 1 heterocycles. The quantitative estimate of drug-likeness (QED) is 0.870. The Balaban J connectivity index is 2.08. The van der Waals surface area contributed by atoms with Crippen LogP contribution in [0.4, 0.5) is 11.6 Å². The lowest BCUT2D eigenvalue weighted by molar-refractivity contribution is 0.229. The number of nitrogens with zero attached hydrogens (tertiary/aromatic N) is 2. The lowest BCUT2D eigenvalue weighted by Crippen LogP contribution is -2.32. The van der Waals surface area contributed by atoms with Crippen LogP contribution >= 0.6 is 0 Å². The maximum absolute atomic E-state index is 4.40. The largest absolute Gasteiger partial charge is 0.370 e. The molecule has 0 radical (unpaired) electrons. The van der Waals surface area contributed by atoms with Gasteiger partial charge in [-0.15, -0.1) is 0 Å². The fourth-order valence-electron chi connectivity index (χ4n) is 2.96. The highest BCUT2D eigenvalue weighted by molar-refractivity contribution is 5.56. The van der Waals surface area contributed by atoms with Crippen molar-refractivity contribution in [1.82, 2.24) is 9.97 Å². The van der Waals surface area contributed by atoms with E-state index in [1.165, 1.54) is 25.7 Å². The van der Waals surface area contributed by atoms with E-state index in [1.807, 2.05) is 0 Å². The van der Waals surface area contributed by atoms with Crippen molar-refractivity contribution < 1.29 is 0 Å². The van der Waals surface area contributed by atoms with Gasteiger partial charge in [0.25, 0.3) is 0 Å². The second kappa shape index (κ2) is 5.76. The molecule has 1 unspecified atom stereocenters. The van der Waals surface area contributed by atoms with Crippen LogP contribution in [0, 0.1) is 12.3 Å². The number of hydrogen-bond donors (Lipinski definition) is 2. The Hall–Kier alpha value is -1.32. The van der Waals surface area contributed by atoms with Crippen molar-refractivity contribution in [2.45, 2.75) is 59.4 Å². The molecule has 19 heavy (non-hydrogen) atoms. The van der Waals surface area contributed by atoms with E-state index in [0.717, 1.165) is 23.7 Å². The maximum Gasteiger partial charge on any atom is 0.134 e. The molecule has 1 aromatic heterocycles. The van der Waals surface area contributed by atoms with Gasteiger partial charge in [-0.05, 0) is 38.5 Å². The van der Waals surface area contributed by atoms with Crippen LogP contribution < -0.4 is 10.6 Å². The third kappa shape index (κ3) is 3.58. The molecular formula is C15H26N4. The molecule has 2 N–H and O–H groups in total. The first-order valence-electron chi connectivity index (χ1n) is 7.34. The van der Waals surface area contributed by atoms with Crippen molar-refractivity contribution in [2.24, 2.45) is 5.41 Å². The van der Waals surface area contributed by atoms with Gasteiger partial charge in [0.2, 0.25) is 0 Å². The summed E-state index contributed by atoms with van der Waals surface area (Å²) in [7, 11) is 0. The predicted molar refractivity (Wildman–Crippen MR) is 80.6 cm³/mol. The van der Waals surface area contributed by atoms with Gasteiger partial charge < -0.3 is 10.6 Å². The van der Waals surface area contributed by atoms with Crippen LogP contribution in [-0.4, -0.2) is 22.6 Å². The van der Waals surface area contributed by atoms with E-state index in [4.69, 9.17) is 0 Å². The minimum Gasteiger partial charge on any atom is -0.370 e. The van der Waals surface area contributed by atoms with Gasteiger partial charge in [0.15, 0.2) is 0 Å². The molecule has 0 spiro atoms. The summed E-state index contributed by atoms with van der Waals surface area (Å²) in [4.78, 5) is 8.69. The molecule has 1 atom stereocenters. The fourth-order valence-corrected chi connectivity index (χ4v) is 2.96. The third-order valence-corrected chi connectivity index (χ3v) is 3.97. The van der Waals surface area contributed by atoms with Crippen LogP contribution in [0.25, 0.3) is 0 Å². The van der Waals surface area contributed by atoms with E-state index in [2.05, 4.69) is 48.3 Å². The summed E-state index contributed by atoms with van der Waals surface area (Å²) >= 11 is 0. The monoisotopic (exact) mass is 262 g/mol. The second-order valence-corrected chi connectivity index (χ2v) is 6.33. The predicted octanol–water partition coefficient (Wildman–Crippen LogP) is 3.60. The van der Waals surface area contributed by atoms with Gasteiger partial charge in [0.05, 0.1) is 0 Å². The van der Waals surface area contributed by atoms with Crippen molar-refractivity contribution >= 4 is 11.6 Å². The summed E-state index contributed by atoms with van der Waals surface area (Å²) in [6.45, 7) is 9.76. The molecule has 0 amide bonds. The molecule has 4 heteroatoms. The zero-order valence-corrected chi connectivity index (χ0v) is 12.6. The smallest absolute Gasteiger partial charge is 0.134 e. The number of rotatable bonds is 4. The van der Waals surface area contributed by atoms with Gasteiger partial charge in [0, 0.05) is 18.2 Å². The first-order chi connectivity index (χ1) is 9.02. The number of nitrogens with one attached hydrogen (secondary N) is 2. The molecule has 1 aliphatic carbocycles. The fraction of sp³-hybridized carbons (Fsp3) is 0.733. The number of hydrogen-bond acceptors (Lipinski definition) is 4. The van der Waals surface area contributed by atoms with Crippen molar-refractivity contribution in [2.75, 3.05) is 17.2 Å². The Morgan fingerprint density at radius 2 is 2.05 bits per heavy atom. The van der Waals surface area contributed by atoms with Crippen LogP contribution in [0.2, 0.25) is 0 Å². The molecule has 0 aliphatic heterocycles. The minimum absolute atomic E-state index is 0.446. The number of anilines is 2. The first kappa shape index (κ1) is 14.1. The normalized spacial score (nSPS) is 22.0. The molecule has 1 aliphatic rings. The summed E-state index contributed by atoms with van der Waals surface area (Å²) < 4.78 is 0. The molecule has 0 bridgehead atoms. The van der Waals surface area contributed by atoms with E-state index in [0.29, 0.717) is 11.5 Å². The van der Waals surface area contributed by atoms with Gasteiger partial charge in [-0.25, -0.2) is 9.97 Å². The Morgan fingerprint density at radius 3 is 2.74 bits per heavy atom. The summed E-state index contributed by atoms with van der Waals surface area (Å²) in [6.07, 6.45) is 6.73. The summed E-state index contributed by atoms with van der Waals surface area (Å²) in [5, 5.41) is 6.89. The summed E-state index contributed by atoms with van der Waals surface area (Å²) in [6, 6.07) is 0.534. The molecule has 0 aromatic carbocycles. The van der Waals surface area contributed by atoms with Gasteiger partial charge in [-0.3, -0.25) is 0 Å². The van der Waals surface area contributed by atoms with Crippen LogP contribution in [0.3, 0.4) is 0 Å². The van der Waals surface area contributed by atoms with E-state index < -0.39 is 0 Å². The first-order valence-corrected chi connectivity index (χ1v) is 7.34. The van der Waals surface area contributed by atoms with E-state index in [9.17, 15) is 0 Å². The third-order valence-electron chi connectivity index (χ3n) is 3.97. The Morgan fingerprint density at radius 1 is 1.32 bits per heavy atom. The average Bonchev–Trinajstić information content (AvgIpc) is 2.33. The molecule has 0 saturated heterocycles. The van der Waals surface area contributed by atoms with Gasteiger partial charge >= 0.3 is 0 Å². The highest BCUT2D eigenvalue weighted by Crippen LogP contribution is 2.36. The SMILES string of the molecule is CCNc1ncnc(NC2CCCC(C)(C)C2)c1C. The van der Waals surface area contributed by atoms with Crippen molar-refractivity contribution in [1.29, 1.82) is 0 Å². The van der Waals surface area contributed by atoms with E-state index >= 15 is 0 Å². The molecule has 4 nitrogen and oxygen atoms in total. The highest BCUT2D eigenvalue weighted by atomic mass is 15.1. The van der Waals surface area contributed by atoms with E-state index in [-0.39, 0.29) is 0 Å². The molecular weight excluding hydrogens is 236 g/mol. The van der Waals surface area contributed by atoms with Gasteiger partial charge in [0.1, 0.15) is 18.0 Å². The molecule has 2 rings (SSSR count). The van der Waals surface area contributed by atoms with Gasteiger partial charge in [-0.1, -0.05) is 20.3 Å². The standard InChI is InChI=1S/C15H26N4/c1-5-16-13-11(2)14(18-10-17-13)19-12-7-6-8-15(3,4)9-12/h10,12H,5-9H2,1-4H3,(H2,16,17,18,19). The van der Waals surface area contributed by atoms with Crippen molar-refractivity contribution in [3.63, 3.8) is 0 Å². The van der Waals surface area contributed by atoms with Gasteiger partial charge in [-0.2, -0.15) is 0 Å². The lowest BCUT2D eigenvalue weighted by atomic mass is 9.75.